The summed E-state index contributed by atoms with van der Waals surface area (Å²) in [7, 11) is 0. The van der Waals surface area contributed by atoms with Crippen molar-refractivity contribution in [3.63, 3.8) is 0 Å². The third kappa shape index (κ3) is 4.77. The average molecular weight is 334 g/mol. The van der Waals surface area contributed by atoms with E-state index in [4.69, 9.17) is 4.74 Å². The Kier molecular flexibility index (Phi) is 6.08. The molecule has 0 bridgehead atoms. The van der Waals surface area contributed by atoms with Crippen molar-refractivity contribution < 1.29 is 9.53 Å². The summed E-state index contributed by atoms with van der Waals surface area (Å²) < 4.78 is 5.91. The van der Waals surface area contributed by atoms with E-state index >= 15 is 0 Å². The minimum Gasteiger partial charge on any atom is -0.487 e. The van der Waals surface area contributed by atoms with Crippen LogP contribution >= 0.6 is 0 Å². The van der Waals surface area contributed by atoms with Gasteiger partial charge in [0.2, 0.25) is 0 Å². The predicted molar refractivity (Wildman–Crippen MR) is 97.9 cm³/mol. The van der Waals surface area contributed by atoms with Gasteiger partial charge in [0.25, 0.3) is 0 Å². The van der Waals surface area contributed by atoms with Gasteiger partial charge in [0.15, 0.2) is 5.78 Å². The number of hydrogen-bond donors (Lipinski definition) is 0. The molecular weight excluding hydrogens is 312 g/mol. The Morgan fingerprint density at radius 1 is 1.28 bits per heavy atom. The first-order valence-corrected chi connectivity index (χ1v) is 8.22. The first kappa shape index (κ1) is 18.4. The summed E-state index contributed by atoms with van der Waals surface area (Å²) in [6.07, 6.45) is 3.38. The molecular formula is C21H22N2O2. The summed E-state index contributed by atoms with van der Waals surface area (Å²) in [6, 6.07) is 11.6. The van der Waals surface area contributed by atoms with Crippen LogP contribution in [0.3, 0.4) is 0 Å². The molecule has 0 fully saturated rings. The number of benzene rings is 1. The van der Waals surface area contributed by atoms with Gasteiger partial charge in [-0.25, -0.2) is 0 Å². The quantitative estimate of drug-likeness (QED) is 0.580. The van der Waals surface area contributed by atoms with Crippen molar-refractivity contribution >= 4 is 11.9 Å². The van der Waals surface area contributed by atoms with Gasteiger partial charge in [0.05, 0.1) is 11.3 Å². The number of allylic oxidation sites excluding steroid dienone is 1. The number of rotatable bonds is 6. The molecule has 0 amide bonds. The molecule has 0 saturated carbocycles. The van der Waals surface area contributed by atoms with Gasteiger partial charge in [0, 0.05) is 12.1 Å². The minimum atomic E-state index is -0.200. The minimum absolute atomic E-state index is 0.145. The van der Waals surface area contributed by atoms with Gasteiger partial charge in [-0.15, -0.1) is 0 Å². The molecule has 4 nitrogen and oxygen atoms in total. The molecule has 0 saturated heterocycles. The van der Waals surface area contributed by atoms with Crippen molar-refractivity contribution in [1.82, 2.24) is 4.98 Å². The fourth-order valence-electron chi connectivity index (χ4n) is 2.56. The van der Waals surface area contributed by atoms with Gasteiger partial charge in [-0.05, 0) is 60.9 Å². The largest absolute Gasteiger partial charge is 0.487 e. The summed E-state index contributed by atoms with van der Waals surface area (Å²) in [4.78, 5) is 16.3. The lowest BCUT2D eigenvalue weighted by molar-refractivity contribution is -0.117. The molecule has 0 aliphatic carbocycles. The number of aromatic nitrogens is 1. The molecule has 25 heavy (non-hydrogen) atoms. The highest BCUT2D eigenvalue weighted by molar-refractivity contribution is 6.04. The van der Waals surface area contributed by atoms with Gasteiger partial charge in [-0.1, -0.05) is 19.9 Å². The van der Waals surface area contributed by atoms with Crippen LogP contribution in [0.15, 0.2) is 42.1 Å². The maximum absolute atomic E-state index is 12.1. The third-order valence-corrected chi connectivity index (χ3v) is 3.79. The lowest BCUT2D eigenvalue weighted by Crippen LogP contribution is -2.09. The second-order valence-corrected chi connectivity index (χ2v) is 6.28. The van der Waals surface area contributed by atoms with E-state index < -0.39 is 0 Å². The zero-order valence-electron chi connectivity index (χ0n) is 15.0. The average Bonchev–Trinajstić information content (AvgIpc) is 2.59. The second kappa shape index (κ2) is 8.25. The number of aryl methyl sites for hydroxylation is 2. The maximum Gasteiger partial charge on any atom is 0.175 e. The molecule has 0 aliphatic heterocycles. The van der Waals surface area contributed by atoms with E-state index in [1.807, 2.05) is 50.2 Å². The normalized spacial score (nSPS) is 11.3. The van der Waals surface area contributed by atoms with E-state index in [1.165, 1.54) is 0 Å². The van der Waals surface area contributed by atoms with Crippen molar-refractivity contribution in [1.29, 1.82) is 5.26 Å². The highest BCUT2D eigenvalue weighted by Gasteiger charge is 2.14. The van der Waals surface area contributed by atoms with Crippen molar-refractivity contribution in [3.05, 3.63) is 64.5 Å². The standard InChI is InChI=1S/C21H22N2O2/c1-14(2)20(24)18(12-22)11-17-9-15(3)21(16(4)10-17)25-13-19-7-5-6-8-23-19/h5-11,14H,13H2,1-4H3/b18-11-. The molecule has 1 heterocycles. The van der Waals surface area contributed by atoms with Gasteiger partial charge in [-0.2, -0.15) is 5.26 Å². The highest BCUT2D eigenvalue weighted by Crippen LogP contribution is 2.27. The molecule has 1 aromatic heterocycles. The summed E-state index contributed by atoms with van der Waals surface area (Å²) >= 11 is 0. The Morgan fingerprint density at radius 3 is 2.48 bits per heavy atom. The van der Waals surface area contributed by atoms with Crippen LogP contribution in [0.25, 0.3) is 6.08 Å². The SMILES string of the molecule is Cc1cc(/C=C(/C#N)C(=O)C(C)C)cc(C)c1OCc1ccccn1. The molecule has 0 N–H and O–H groups in total. The van der Waals surface area contributed by atoms with Crippen molar-refractivity contribution in [2.75, 3.05) is 0 Å². The summed E-state index contributed by atoms with van der Waals surface area (Å²) in [5.74, 6) is 0.457. The number of Topliss-reactive ketones (excluding diaryl/α,β-unsaturated/α-hetero) is 1. The lowest BCUT2D eigenvalue weighted by atomic mass is 9.98. The monoisotopic (exact) mass is 334 g/mol. The Balaban J connectivity index is 2.25. The van der Waals surface area contributed by atoms with E-state index in [9.17, 15) is 10.1 Å². The summed E-state index contributed by atoms with van der Waals surface area (Å²) in [5.41, 5.74) is 3.77. The zero-order chi connectivity index (χ0) is 18.4. The molecule has 2 aromatic rings. The van der Waals surface area contributed by atoms with Crippen LogP contribution in [-0.2, 0) is 11.4 Å². The molecule has 0 unspecified atom stereocenters. The summed E-state index contributed by atoms with van der Waals surface area (Å²) in [5, 5.41) is 9.24. The van der Waals surface area contributed by atoms with Crippen LogP contribution in [0.1, 0.15) is 36.2 Å². The van der Waals surface area contributed by atoms with Crippen LogP contribution < -0.4 is 4.74 Å². The van der Waals surface area contributed by atoms with Crippen LogP contribution in [0.2, 0.25) is 0 Å². The Hall–Kier alpha value is -2.93. The van der Waals surface area contributed by atoms with Gasteiger partial charge >= 0.3 is 0 Å². The fourth-order valence-corrected chi connectivity index (χ4v) is 2.56. The molecule has 128 valence electrons. The Morgan fingerprint density at radius 2 is 1.96 bits per heavy atom. The van der Waals surface area contributed by atoms with Crippen LogP contribution in [0.5, 0.6) is 5.75 Å². The molecule has 0 aliphatic rings. The molecule has 0 radical (unpaired) electrons. The number of hydrogen-bond acceptors (Lipinski definition) is 4. The Bertz CT molecular complexity index is 808. The molecule has 0 atom stereocenters. The predicted octanol–water partition coefficient (Wildman–Crippen LogP) is 4.41. The highest BCUT2D eigenvalue weighted by atomic mass is 16.5. The number of carbonyl (C=O) groups excluding carboxylic acids is 1. The topological polar surface area (TPSA) is 63.0 Å². The van der Waals surface area contributed by atoms with Crippen LogP contribution in [-0.4, -0.2) is 10.8 Å². The van der Waals surface area contributed by atoms with Crippen LogP contribution in [0, 0.1) is 31.1 Å². The number of carbonyl (C=O) groups is 1. The lowest BCUT2D eigenvalue weighted by Gasteiger charge is -2.13. The van der Waals surface area contributed by atoms with Crippen molar-refractivity contribution in [3.8, 4) is 11.8 Å². The second-order valence-electron chi connectivity index (χ2n) is 6.28. The van der Waals surface area contributed by atoms with E-state index in [1.54, 1.807) is 26.1 Å². The van der Waals surface area contributed by atoms with E-state index in [0.29, 0.717) is 6.61 Å². The number of ether oxygens (including phenoxy) is 1. The van der Waals surface area contributed by atoms with Crippen molar-refractivity contribution in [2.45, 2.75) is 34.3 Å². The molecule has 2 rings (SSSR count). The number of pyridine rings is 1. The maximum atomic E-state index is 12.1. The zero-order valence-corrected chi connectivity index (χ0v) is 15.0. The van der Waals surface area contributed by atoms with E-state index in [2.05, 4.69) is 4.98 Å². The van der Waals surface area contributed by atoms with E-state index in [-0.39, 0.29) is 17.3 Å². The number of nitrogens with zero attached hydrogens (tertiary/aromatic N) is 2. The molecule has 0 spiro atoms. The molecule has 1 aromatic carbocycles. The fraction of sp³-hybridized carbons (Fsp3) is 0.286. The van der Waals surface area contributed by atoms with E-state index in [0.717, 1.165) is 28.1 Å². The van der Waals surface area contributed by atoms with Crippen LogP contribution in [0.4, 0.5) is 0 Å². The Labute approximate surface area is 148 Å². The van der Waals surface area contributed by atoms with Crippen molar-refractivity contribution in [2.24, 2.45) is 5.92 Å². The van der Waals surface area contributed by atoms with Gasteiger partial charge in [0.1, 0.15) is 18.4 Å². The number of nitriles is 1. The van der Waals surface area contributed by atoms with Gasteiger partial charge < -0.3 is 4.74 Å². The third-order valence-electron chi connectivity index (χ3n) is 3.79. The molecule has 4 heteroatoms. The smallest absolute Gasteiger partial charge is 0.175 e. The summed E-state index contributed by atoms with van der Waals surface area (Å²) in [6.45, 7) is 7.88. The van der Waals surface area contributed by atoms with Gasteiger partial charge in [-0.3, -0.25) is 9.78 Å². The first-order valence-electron chi connectivity index (χ1n) is 8.22. The number of ketones is 1. The first-order chi connectivity index (χ1) is 11.9.